The minimum absolute atomic E-state index is 0.316. The summed E-state index contributed by atoms with van der Waals surface area (Å²) < 4.78 is 37.9. The number of carbonyl (C=O) groups excluding carboxylic acids is 1. The van der Waals surface area contributed by atoms with Crippen LogP contribution in [-0.2, 0) is 11.0 Å². The lowest BCUT2D eigenvalue weighted by Crippen LogP contribution is -2.10. The van der Waals surface area contributed by atoms with E-state index in [0.29, 0.717) is 11.3 Å². The van der Waals surface area contributed by atoms with Gasteiger partial charge in [0.05, 0.1) is 5.56 Å². The second-order valence-corrected chi connectivity index (χ2v) is 5.21. The Morgan fingerprint density at radius 2 is 1.65 bits per heavy atom. The van der Waals surface area contributed by atoms with Crippen molar-refractivity contribution in [2.24, 2.45) is 0 Å². The fraction of sp³-hybridized carbons (Fsp3) is 0.167. The van der Waals surface area contributed by atoms with E-state index in [4.69, 9.17) is 0 Å². The topological polar surface area (TPSA) is 29.1 Å². The molecule has 2 rings (SSSR count). The van der Waals surface area contributed by atoms with Gasteiger partial charge in [-0.3, -0.25) is 4.79 Å². The first kappa shape index (κ1) is 16.8. The zero-order valence-corrected chi connectivity index (χ0v) is 12.7. The number of rotatable bonds is 3. The van der Waals surface area contributed by atoms with Crippen molar-refractivity contribution in [3.8, 4) is 0 Å². The molecule has 0 fully saturated rings. The Bertz CT molecular complexity index is 728. The third-order valence-corrected chi connectivity index (χ3v) is 3.37. The van der Waals surface area contributed by atoms with E-state index in [-0.39, 0.29) is 5.91 Å². The molecule has 0 spiro atoms. The van der Waals surface area contributed by atoms with Crippen LogP contribution in [0, 0.1) is 13.8 Å². The molecular formula is C18H16F3NO. The summed E-state index contributed by atoms with van der Waals surface area (Å²) in [4.78, 5) is 12.0. The van der Waals surface area contributed by atoms with Crippen LogP contribution in [0.25, 0.3) is 6.08 Å². The summed E-state index contributed by atoms with van der Waals surface area (Å²) in [7, 11) is 0. The van der Waals surface area contributed by atoms with E-state index in [9.17, 15) is 18.0 Å². The van der Waals surface area contributed by atoms with Gasteiger partial charge < -0.3 is 5.32 Å². The molecule has 120 valence electrons. The van der Waals surface area contributed by atoms with Crippen molar-refractivity contribution in [2.75, 3.05) is 5.32 Å². The van der Waals surface area contributed by atoms with Gasteiger partial charge in [0.2, 0.25) is 5.91 Å². The number of halogens is 3. The molecule has 0 aromatic heterocycles. The van der Waals surface area contributed by atoms with Crippen molar-refractivity contribution >= 4 is 17.7 Å². The van der Waals surface area contributed by atoms with Crippen molar-refractivity contribution in [1.82, 2.24) is 0 Å². The van der Waals surface area contributed by atoms with Gasteiger partial charge in [-0.2, -0.15) is 13.2 Å². The monoisotopic (exact) mass is 319 g/mol. The van der Waals surface area contributed by atoms with Gasteiger partial charge in [0.15, 0.2) is 0 Å². The SMILES string of the molecule is Cc1cccc(C)c1NC(=O)/C=C/c1cccc(C(F)(F)F)c1. The van der Waals surface area contributed by atoms with Crippen molar-refractivity contribution in [3.63, 3.8) is 0 Å². The normalized spacial score (nSPS) is 11.7. The molecule has 0 unspecified atom stereocenters. The summed E-state index contributed by atoms with van der Waals surface area (Å²) in [6, 6.07) is 10.5. The Kier molecular flexibility index (Phi) is 4.89. The summed E-state index contributed by atoms with van der Waals surface area (Å²) in [6.45, 7) is 3.75. The molecule has 2 aromatic rings. The van der Waals surface area contributed by atoms with E-state index >= 15 is 0 Å². The summed E-state index contributed by atoms with van der Waals surface area (Å²) >= 11 is 0. The number of hydrogen-bond acceptors (Lipinski definition) is 1. The minimum atomic E-state index is -4.40. The molecule has 5 heteroatoms. The molecule has 0 saturated heterocycles. The molecule has 1 N–H and O–H groups in total. The molecule has 0 atom stereocenters. The highest BCUT2D eigenvalue weighted by atomic mass is 19.4. The molecule has 0 saturated carbocycles. The predicted molar refractivity (Wildman–Crippen MR) is 85.0 cm³/mol. The summed E-state index contributed by atoms with van der Waals surface area (Å²) in [5.74, 6) is -0.389. The molecule has 0 aliphatic carbocycles. The van der Waals surface area contributed by atoms with Gasteiger partial charge in [-0.05, 0) is 48.7 Å². The van der Waals surface area contributed by atoms with E-state index in [1.807, 2.05) is 32.0 Å². The molecule has 23 heavy (non-hydrogen) atoms. The maximum atomic E-state index is 12.6. The highest BCUT2D eigenvalue weighted by Gasteiger charge is 2.30. The summed E-state index contributed by atoms with van der Waals surface area (Å²) in [6.07, 6.45) is -1.82. The van der Waals surface area contributed by atoms with Crippen LogP contribution in [0.4, 0.5) is 18.9 Å². The van der Waals surface area contributed by atoms with Gasteiger partial charge in [-0.15, -0.1) is 0 Å². The van der Waals surface area contributed by atoms with Gasteiger partial charge in [0.1, 0.15) is 0 Å². The molecule has 1 amide bonds. The molecule has 2 nitrogen and oxygen atoms in total. The van der Waals surface area contributed by atoms with E-state index in [0.717, 1.165) is 23.3 Å². The van der Waals surface area contributed by atoms with E-state index < -0.39 is 11.7 Å². The molecular weight excluding hydrogens is 303 g/mol. The van der Waals surface area contributed by atoms with Crippen LogP contribution in [0.15, 0.2) is 48.5 Å². The number of hydrogen-bond donors (Lipinski definition) is 1. The molecule has 2 aromatic carbocycles. The van der Waals surface area contributed by atoms with Crippen LogP contribution < -0.4 is 5.32 Å². The number of para-hydroxylation sites is 1. The van der Waals surface area contributed by atoms with Crippen LogP contribution in [0.1, 0.15) is 22.3 Å². The maximum Gasteiger partial charge on any atom is 0.416 e. The molecule has 0 bridgehead atoms. The number of benzene rings is 2. The first-order valence-corrected chi connectivity index (χ1v) is 7.00. The second-order valence-electron chi connectivity index (χ2n) is 5.21. The predicted octanol–water partition coefficient (Wildman–Crippen LogP) is 4.97. The zero-order chi connectivity index (χ0) is 17.0. The number of alkyl halides is 3. The average molecular weight is 319 g/mol. The third kappa shape index (κ3) is 4.45. The fourth-order valence-corrected chi connectivity index (χ4v) is 2.17. The van der Waals surface area contributed by atoms with Crippen LogP contribution >= 0.6 is 0 Å². The summed E-state index contributed by atoms with van der Waals surface area (Å²) in [5, 5.41) is 2.75. The van der Waals surface area contributed by atoms with Gasteiger partial charge in [0, 0.05) is 11.8 Å². The Hall–Kier alpha value is -2.56. The van der Waals surface area contributed by atoms with E-state index in [1.54, 1.807) is 0 Å². The van der Waals surface area contributed by atoms with Gasteiger partial charge in [-0.1, -0.05) is 30.3 Å². The summed E-state index contributed by atoms with van der Waals surface area (Å²) in [5.41, 5.74) is 2.13. The lowest BCUT2D eigenvalue weighted by atomic mass is 10.1. The van der Waals surface area contributed by atoms with Crippen LogP contribution in [0.2, 0.25) is 0 Å². The quantitative estimate of drug-likeness (QED) is 0.795. The Labute approximate surface area is 132 Å². The standard InChI is InChI=1S/C18H16F3NO/c1-12-5-3-6-13(2)17(12)22-16(23)10-9-14-7-4-8-15(11-14)18(19,20)21/h3-11H,1-2H3,(H,22,23)/b10-9+. The zero-order valence-electron chi connectivity index (χ0n) is 12.7. The highest BCUT2D eigenvalue weighted by molar-refractivity contribution is 6.02. The van der Waals surface area contributed by atoms with Crippen molar-refractivity contribution in [1.29, 1.82) is 0 Å². The average Bonchev–Trinajstić information content (AvgIpc) is 2.48. The number of amides is 1. The lowest BCUT2D eigenvalue weighted by molar-refractivity contribution is -0.137. The molecule has 0 aliphatic heterocycles. The molecule has 0 aliphatic rings. The smallest absolute Gasteiger partial charge is 0.322 e. The van der Waals surface area contributed by atoms with Crippen molar-refractivity contribution in [2.45, 2.75) is 20.0 Å². The first-order valence-electron chi connectivity index (χ1n) is 7.00. The fourth-order valence-electron chi connectivity index (χ4n) is 2.17. The van der Waals surface area contributed by atoms with Crippen LogP contribution in [0.3, 0.4) is 0 Å². The number of carbonyl (C=O) groups is 1. The number of nitrogens with one attached hydrogen (secondary N) is 1. The minimum Gasteiger partial charge on any atom is -0.322 e. The lowest BCUT2D eigenvalue weighted by Gasteiger charge is -2.09. The maximum absolute atomic E-state index is 12.6. The Balaban J connectivity index is 2.13. The highest BCUT2D eigenvalue weighted by Crippen LogP contribution is 2.29. The van der Waals surface area contributed by atoms with Crippen LogP contribution in [0.5, 0.6) is 0 Å². The second kappa shape index (κ2) is 6.69. The Morgan fingerprint density at radius 3 is 2.26 bits per heavy atom. The first-order chi connectivity index (χ1) is 10.8. The van der Waals surface area contributed by atoms with E-state index in [2.05, 4.69) is 5.32 Å². The van der Waals surface area contributed by atoms with Gasteiger partial charge in [0.25, 0.3) is 0 Å². The van der Waals surface area contributed by atoms with Gasteiger partial charge >= 0.3 is 6.18 Å². The van der Waals surface area contributed by atoms with Crippen LogP contribution in [-0.4, -0.2) is 5.91 Å². The molecule has 0 radical (unpaired) electrons. The van der Waals surface area contributed by atoms with Crippen molar-refractivity contribution < 1.29 is 18.0 Å². The van der Waals surface area contributed by atoms with Crippen molar-refractivity contribution in [3.05, 3.63) is 70.8 Å². The molecule has 0 heterocycles. The Morgan fingerprint density at radius 1 is 1.04 bits per heavy atom. The number of aryl methyl sites for hydroxylation is 2. The third-order valence-electron chi connectivity index (χ3n) is 3.37. The van der Waals surface area contributed by atoms with Gasteiger partial charge in [-0.25, -0.2) is 0 Å². The van der Waals surface area contributed by atoms with E-state index in [1.165, 1.54) is 24.3 Å². The number of anilines is 1. The largest absolute Gasteiger partial charge is 0.416 e.